The van der Waals surface area contributed by atoms with Gasteiger partial charge in [0.1, 0.15) is 4.83 Å². The summed E-state index contributed by atoms with van der Waals surface area (Å²) in [6.45, 7) is 9.43. The minimum Gasteiger partial charge on any atom is -0.256 e. The first-order valence-electron chi connectivity index (χ1n) is 11.6. The summed E-state index contributed by atoms with van der Waals surface area (Å²) in [5.41, 5.74) is 2.17. The molecule has 4 aromatic rings. The van der Waals surface area contributed by atoms with E-state index in [9.17, 15) is 0 Å². The van der Waals surface area contributed by atoms with E-state index < -0.39 is 18.2 Å². The van der Waals surface area contributed by atoms with Gasteiger partial charge in [-0.1, -0.05) is 52.8 Å². The predicted octanol–water partition coefficient (Wildman–Crippen LogP) is 7.30. The maximum atomic E-state index is 8.64. The van der Waals surface area contributed by atoms with Crippen LogP contribution >= 0.6 is 11.3 Å². The monoisotopic (exact) mass is 392 g/mol. The van der Waals surface area contributed by atoms with Crippen molar-refractivity contribution in [3.05, 3.63) is 59.9 Å². The van der Waals surface area contributed by atoms with Crippen LogP contribution in [0.15, 0.2) is 48.7 Å². The molecule has 1 aromatic carbocycles. The van der Waals surface area contributed by atoms with Crippen molar-refractivity contribution in [1.29, 1.82) is 0 Å². The van der Waals surface area contributed by atoms with Gasteiger partial charge in [0.25, 0.3) is 0 Å². The molecule has 0 saturated heterocycles. The minimum atomic E-state index is -1.50. The first kappa shape index (κ1) is 14.7. The van der Waals surface area contributed by atoms with Crippen LogP contribution in [0.4, 0.5) is 0 Å². The number of hydrogen-bond donors (Lipinski definition) is 0. The molecule has 0 amide bonds. The first-order valence-corrected chi connectivity index (χ1v) is 10.5. The van der Waals surface area contributed by atoms with Crippen molar-refractivity contribution < 1.29 is 5.48 Å². The lowest BCUT2D eigenvalue weighted by atomic mass is 9.88. The van der Waals surface area contributed by atoms with Crippen molar-refractivity contribution in [2.45, 2.75) is 47.4 Å². The fourth-order valence-corrected chi connectivity index (χ4v) is 4.54. The van der Waals surface area contributed by atoms with Crippen LogP contribution in [0.1, 0.15) is 51.4 Å². The molecule has 0 N–H and O–H groups in total. The first-order chi connectivity index (χ1) is 14.8. The van der Waals surface area contributed by atoms with Gasteiger partial charge >= 0.3 is 0 Å². The van der Waals surface area contributed by atoms with Crippen molar-refractivity contribution in [2.24, 2.45) is 11.3 Å². The fraction of sp³-hybridized carbons (Fsp3) is 0.360. The number of benzene rings is 1. The molecule has 0 spiro atoms. The molecule has 144 valence electrons. The second-order valence-electron chi connectivity index (χ2n) is 8.44. The lowest BCUT2D eigenvalue weighted by Crippen LogP contribution is -2.09. The highest BCUT2D eigenvalue weighted by atomic mass is 32.1. The highest BCUT2D eigenvalue weighted by Crippen LogP contribution is 2.39. The lowest BCUT2D eigenvalue weighted by Gasteiger charge is -2.18. The topological polar surface area (TPSA) is 25.8 Å². The molecule has 0 fully saturated rings. The highest BCUT2D eigenvalue weighted by Gasteiger charge is 2.15. The van der Waals surface area contributed by atoms with E-state index in [0.717, 1.165) is 31.6 Å². The molecular weight excluding hydrogens is 360 g/mol. The number of hydrogen-bond acceptors (Lipinski definition) is 3. The van der Waals surface area contributed by atoms with Crippen LogP contribution in [-0.4, -0.2) is 9.97 Å². The van der Waals surface area contributed by atoms with Crippen molar-refractivity contribution >= 4 is 31.6 Å². The maximum Gasteiger partial charge on any atom is 0.124 e. The van der Waals surface area contributed by atoms with Gasteiger partial charge < -0.3 is 0 Å². The average molecular weight is 393 g/mol. The number of fused-ring (bicyclic) bond motifs is 3. The number of thiophene rings is 1. The summed E-state index contributed by atoms with van der Waals surface area (Å²) in [6.07, 6.45) is -1.33. The van der Waals surface area contributed by atoms with E-state index in [1.54, 1.807) is 18.3 Å². The molecule has 0 aliphatic carbocycles. The van der Waals surface area contributed by atoms with E-state index in [4.69, 9.17) is 10.5 Å². The Bertz CT molecular complexity index is 1300. The van der Waals surface area contributed by atoms with E-state index in [1.165, 1.54) is 11.3 Å². The molecule has 0 aliphatic heterocycles. The van der Waals surface area contributed by atoms with Crippen molar-refractivity contribution in [3.63, 3.8) is 0 Å². The third-order valence-electron chi connectivity index (χ3n) is 4.36. The summed E-state index contributed by atoms with van der Waals surface area (Å²) in [6, 6.07) is 13.4. The number of pyridine rings is 2. The quantitative estimate of drug-likeness (QED) is 0.364. The van der Waals surface area contributed by atoms with Crippen LogP contribution in [0.3, 0.4) is 0 Å². The zero-order chi connectivity index (χ0) is 23.5. The second-order valence-corrected chi connectivity index (χ2v) is 9.44. The molecule has 0 aliphatic rings. The molecular formula is C25H28N2S. The van der Waals surface area contributed by atoms with Gasteiger partial charge in [-0.25, -0.2) is 4.98 Å². The number of nitrogens with zero attached hydrogens (tertiary/aromatic N) is 2. The molecule has 0 saturated carbocycles. The normalized spacial score (nSPS) is 15.5. The zero-order valence-corrected chi connectivity index (χ0v) is 17.8. The largest absolute Gasteiger partial charge is 0.256 e. The van der Waals surface area contributed by atoms with Crippen LogP contribution in [0.5, 0.6) is 0 Å². The highest BCUT2D eigenvalue weighted by molar-refractivity contribution is 7.26. The van der Waals surface area contributed by atoms with Crippen LogP contribution in [0.2, 0.25) is 0 Å². The Balaban J connectivity index is 1.89. The van der Waals surface area contributed by atoms with Crippen molar-refractivity contribution in [1.82, 2.24) is 9.97 Å². The van der Waals surface area contributed by atoms with Crippen LogP contribution in [0, 0.1) is 11.3 Å². The number of rotatable bonds is 4. The zero-order valence-electron chi connectivity index (χ0n) is 21.0. The van der Waals surface area contributed by atoms with Crippen molar-refractivity contribution in [3.8, 4) is 11.3 Å². The van der Waals surface area contributed by atoms with Gasteiger partial charge in [0.2, 0.25) is 0 Å². The Morgan fingerprint density at radius 1 is 1.07 bits per heavy atom. The molecule has 28 heavy (non-hydrogen) atoms. The summed E-state index contributed by atoms with van der Waals surface area (Å²) in [4.78, 5) is 10.1. The smallest absolute Gasteiger partial charge is 0.124 e. The van der Waals surface area contributed by atoms with E-state index in [-0.39, 0.29) is 5.92 Å². The third-order valence-corrected chi connectivity index (χ3v) is 5.50. The average Bonchev–Trinajstić information content (AvgIpc) is 3.10. The summed E-state index contributed by atoms with van der Waals surface area (Å²) in [5, 5.41) is 2.05. The Morgan fingerprint density at radius 3 is 2.64 bits per heavy atom. The molecule has 3 heteroatoms. The molecule has 0 atom stereocenters. The maximum absolute atomic E-state index is 8.64. The molecule has 2 nitrogen and oxygen atoms in total. The molecule has 0 unspecified atom stereocenters. The summed E-state index contributed by atoms with van der Waals surface area (Å²) in [7, 11) is 0. The van der Waals surface area contributed by atoms with Gasteiger partial charge in [-0.2, -0.15) is 0 Å². The number of aromatic nitrogens is 2. The molecule has 0 bridgehead atoms. The second kappa shape index (κ2) is 7.29. The molecule has 4 rings (SSSR count). The van der Waals surface area contributed by atoms with Gasteiger partial charge in [-0.05, 0) is 53.9 Å². The van der Waals surface area contributed by atoms with Crippen LogP contribution in [-0.2, 0) is 12.7 Å². The fourth-order valence-electron chi connectivity index (χ4n) is 3.35. The summed E-state index contributed by atoms with van der Waals surface area (Å²) < 4.78 is 35.1. The van der Waals surface area contributed by atoms with Crippen LogP contribution in [0.25, 0.3) is 31.6 Å². The Hall–Kier alpha value is -2.26. The van der Waals surface area contributed by atoms with E-state index in [1.807, 2.05) is 65.0 Å². The van der Waals surface area contributed by atoms with Gasteiger partial charge in [0, 0.05) is 38.4 Å². The summed E-state index contributed by atoms with van der Waals surface area (Å²) in [5.74, 6) is -0.179. The van der Waals surface area contributed by atoms with Crippen molar-refractivity contribution in [2.75, 3.05) is 0 Å². The van der Waals surface area contributed by atoms with Crippen LogP contribution < -0.4 is 0 Å². The van der Waals surface area contributed by atoms with Gasteiger partial charge in [-0.15, -0.1) is 11.3 Å². The Morgan fingerprint density at radius 2 is 1.89 bits per heavy atom. The third kappa shape index (κ3) is 3.95. The SMILES string of the molecule is [2H]C([2H])(c1ccc2c(n1)sc1c(-c3cc(C([2H])([2H])C(C)(C)C)ccn3)cccc12)C(C)C. The predicted molar refractivity (Wildman–Crippen MR) is 122 cm³/mol. The van der Waals surface area contributed by atoms with E-state index in [0.29, 0.717) is 11.3 Å². The summed E-state index contributed by atoms with van der Waals surface area (Å²) >= 11 is 1.53. The van der Waals surface area contributed by atoms with E-state index >= 15 is 0 Å². The molecule has 0 radical (unpaired) electrons. The Kier molecular flexibility index (Phi) is 3.83. The van der Waals surface area contributed by atoms with E-state index in [2.05, 4.69) is 4.98 Å². The molecule has 3 aromatic heterocycles. The molecule has 3 heterocycles. The minimum absolute atomic E-state index is 0.179. The lowest BCUT2D eigenvalue weighted by molar-refractivity contribution is 0.411. The van der Waals surface area contributed by atoms with Gasteiger partial charge in [-0.3, -0.25) is 4.98 Å². The standard InChI is InChI=1S/C25H28N2S/c1-16(2)13-18-9-10-20-19-7-6-8-21(23(19)28-24(20)27-18)22-14-17(11-12-26-22)15-25(3,4)5/h6-12,14,16H,13,15H2,1-5H3/i13D2,15D2. The Labute approximate surface area is 177 Å². The van der Waals surface area contributed by atoms with Gasteiger partial charge in [0.15, 0.2) is 0 Å². The van der Waals surface area contributed by atoms with Gasteiger partial charge in [0.05, 0.1) is 5.69 Å².